The number of hydrogen-bond acceptors (Lipinski definition) is 3. The van der Waals surface area contributed by atoms with Gasteiger partial charge in [0.2, 0.25) is 0 Å². The molecule has 1 fully saturated rings. The van der Waals surface area contributed by atoms with Gasteiger partial charge in [0.15, 0.2) is 4.77 Å². The van der Waals surface area contributed by atoms with Crippen LogP contribution in [0.2, 0.25) is 0 Å². The lowest BCUT2D eigenvalue weighted by atomic mass is 9.88. The van der Waals surface area contributed by atoms with E-state index in [1.807, 2.05) is 6.92 Å². The van der Waals surface area contributed by atoms with Gasteiger partial charge in [0.1, 0.15) is 5.82 Å². The first-order chi connectivity index (χ1) is 7.63. The van der Waals surface area contributed by atoms with Crippen LogP contribution in [0.25, 0.3) is 0 Å². The van der Waals surface area contributed by atoms with E-state index < -0.39 is 0 Å². The van der Waals surface area contributed by atoms with Gasteiger partial charge in [-0.25, -0.2) is 0 Å². The molecule has 0 atom stereocenters. The maximum atomic E-state index is 5.57. The summed E-state index contributed by atoms with van der Waals surface area (Å²) in [7, 11) is 0. The van der Waals surface area contributed by atoms with E-state index in [0.717, 1.165) is 30.0 Å². The van der Waals surface area contributed by atoms with Gasteiger partial charge >= 0.3 is 0 Å². The van der Waals surface area contributed by atoms with Crippen molar-refractivity contribution in [2.45, 2.75) is 51.7 Å². The molecule has 0 saturated heterocycles. The molecule has 1 aliphatic rings. The normalized spacial score (nSPS) is 24.8. The quantitative estimate of drug-likeness (QED) is 0.824. The summed E-state index contributed by atoms with van der Waals surface area (Å²) < 4.78 is 8.47. The van der Waals surface area contributed by atoms with Gasteiger partial charge in [0.25, 0.3) is 0 Å². The molecule has 2 rings (SSSR count). The first-order valence-electron chi connectivity index (χ1n) is 5.91. The Labute approximate surface area is 101 Å². The summed E-state index contributed by atoms with van der Waals surface area (Å²) in [6.07, 6.45) is 2.52. The van der Waals surface area contributed by atoms with Crippen LogP contribution < -0.4 is 0 Å². The molecule has 4 nitrogen and oxygen atoms in total. The van der Waals surface area contributed by atoms with Gasteiger partial charge in [-0.2, -0.15) is 5.10 Å². The highest BCUT2D eigenvalue weighted by molar-refractivity contribution is 7.71. The molecule has 1 heterocycles. The Morgan fingerprint density at radius 1 is 1.56 bits per heavy atom. The average molecular weight is 241 g/mol. The minimum Gasteiger partial charge on any atom is -0.378 e. The molecule has 1 N–H and O–H groups in total. The van der Waals surface area contributed by atoms with Crippen molar-refractivity contribution in [3.8, 4) is 0 Å². The summed E-state index contributed by atoms with van der Waals surface area (Å²) in [6.45, 7) is 7.11. The molecule has 0 bridgehead atoms. The number of nitrogens with zero attached hydrogens (tertiary/aromatic N) is 2. The lowest BCUT2D eigenvalue weighted by Crippen LogP contribution is -2.34. The lowest BCUT2D eigenvalue weighted by molar-refractivity contribution is -0.0208. The minimum atomic E-state index is 0.402. The molecule has 1 aromatic heterocycles. The van der Waals surface area contributed by atoms with Crippen molar-refractivity contribution >= 4 is 12.2 Å². The van der Waals surface area contributed by atoms with Crippen molar-refractivity contribution in [1.29, 1.82) is 0 Å². The molecular weight excluding hydrogens is 222 g/mol. The third kappa shape index (κ3) is 2.06. The van der Waals surface area contributed by atoms with E-state index in [1.165, 1.54) is 0 Å². The summed E-state index contributed by atoms with van der Waals surface area (Å²) in [4.78, 5) is 0. The number of nitrogens with one attached hydrogen (secondary N) is 1. The molecule has 16 heavy (non-hydrogen) atoms. The molecule has 1 aliphatic carbocycles. The van der Waals surface area contributed by atoms with Crippen molar-refractivity contribution < 1.29 is 4.74 Å². The molecule has 0 unspecified atom stereocenters. The van der Waals surface area contributed by atoms with E-state index in [2.05, 4.69) is 28.6 Å². The number of H-pyrrole nitrogens is 1. The molecule has 5 heteroatoms. The van der Waals surface area contributed by atoms with Crippen molar-refractivity contribution in [3.63, 3.8) is 0 Å². The van der Waals surface area contributed by atoms with Gasteiger partial charge in [0.05, 0.1) is 6.10 Å². The maximum absolute atomic E-state index is 5.57. The standard InChI is InChI=1S/C11H19N3OS/c1-4-15-9-5-8(6-9)14-10(7(2)3)12-13-11(14)16/h7-9H,4-6H2,1-3H3,(H,13,16). The topological polar surface area (TPSA) is 42.8 Å². The highest BCUT2D eigenvalue weighted by atomic mass is 32.1. The highest BCUT2D eigenvalue weighted by Gasteiger charge is 2.33. The summed E-state index contributed by atoms with van der Waals surface area (Å²) in [5, 5.41) is 7.18. The van der Waals surface area contributed by atoms with Crippen LogP contribution in [-0.4, -0.2) is 27.5 Å². The summed E-state index contributed by atoms with van der Waals surface area (Å²) >= 11 is 5.28. The molecule has 0 amide bonds. The van der Waals surface area contributed by atoms with Gasteiger partial charge in [-0.1, -0.05) is 13.8 Å². The molecule has 1 saturated carbocycles. The minimum absolute atomic E-state index is 0.402. The van der Waals surface area contributed by atoms with Crippen LogP contribution in [0.4, 0.5) is 0 Å². The monoisotopic (exact) mass is 241 g/mol. The first-order valence-corrected chi connectivity index (χ1v) is 6.32. The Kier molecular flexibility index (Phi) is 3.44. The predicted molar refractivity (Wildman–Crippen MR) is 65.2 cm³/mol. The van der Waals surface area contributed by atoms with Crippen LogP contribution in [0.5, 0.6) is 0 Å². The fraction of sp³-hybridized carbons (Fsp3) is 0.818. The zero-order valence-corrected chi connectivity index (χ0v) is 10.9. The number of ether oxygens (including phenoxy) is 1. The Bertz CT molecular complexity index is 404. The fourth-order valence-electron chi connectivity index (χ4n) is 2.20. The Balaban J connectivity index is 2.11. The smallest absolute Gasteiger partial charge is 0.195 e. The molecule has 0 radical (unpaired) electrons. The van der Waals surface area contributed by atoms with Crippen molar-refractivity contribution in [2.75, 3.05) is 6.61 Å². The molecule has 0 aliphatic heterocycles. The Morgan fingerprint density at radius 3 is 2.81 bits per heavy atom. The van der Waals surface area contributed by atoms with E-state index in [9.17, 15) is 0 Å². The Morgan fingerprint density at radius 2 is 2.25 bits per heavy atom. The van der Waals surface area contributed by atoms with Gasteiger partial charge in [-0.3, -0.25) is 5.10 Å². The van der Waals surface area contributed by atoms with E-state index in [1.54, 1.807) is 0 Å². The molecule has 1 aromatic rings. The lowest BCUT2D eigenvalue weighted by Gasteiger charge is -2.36. The number of rotatable bonds is 4. The van der Waals surface area contributed by atoms with Crippen LogP contribution >= 0.6 is 12.2 Å². The molecule has 0 spiro atoms. The third-order valence-electron chi connectivity index (χ3n) is 3.09. The Hall–Kier alpha value is -0.680. The predicted octanol–water partition coefficient (Wildman–Crippen LogP) is 2.80. The summed E-state index contributed by atoms with van der Waals surface area (Å²) in [6, 6.07) is 0.472. The van der Waals surface area contributed by atoms with Crippen LogP contribution in [-0.2, 0) is 4.74 Å². The van der Waals surface area contributed by atoms with Gasteiger partial charge < -0.3 is 9.30 Å². The summed E-state index contributed by atoms with van der Waals surface area (Å²) in [5.74, 6) is 1.46. The zero-order valence-electron chi connectivity index (χ0n) is 10.1. The largest absolute Gasteiger partial charge is 0.378 e. The van der Waals surface area contributed by atoms with Gasteiger partial charge in [-0.05, 0) is 32.0 Å². The SMILES string of the molecule is CCOC1CC(n2c(C(C)C)n[nH]c2=S)C1. The van der Waals surface area contributed by atoms with Gasteiger partial charge in [0, 0.05) is 18.6 Å². The summed E-state index contributed by atoms with van der Waals surface area (Å²) in [5.41, 5.74) is 0. The first kappa shape index (κ1) is 11.8. The molecule has 0 aromatic carbocycles. The fourth-order valence-corrected chi connectivity index (χ4v) is 2.49. The van der Waals surface area contributed by atoms with E-state index in [0.29, 0.717) is 18.1 Å². The van der Waals surface area contributed by atoms with E-state index >= 15 is 0 Å². The second-order valence-electron chi connectivity index (χ2n) is 4.61. The van der Waals surface area contributed by atoms with Crippen LogP contribution in [0.1, 0.15) is 51.4 Å². The number of aromatic nitrogens is 3. The average Bonchev–Trinajstić information content (AvgIpc) is 2.53. The molecular formula is C11H19N3OS. The van der Waals surface area contributed by atoms with E-state index in [-0.39, 0.29) is 0 Å². The number of hydrogen-bond donors (Lipinski definition) is 1. The zero-order chi connectivity index (χ0) is 11.7. The maximum Gasteiger partial charge on any atom is 0.195 e. The van der Waals surface area contributed by atoms with Crippen molar-refractivity contribution in [2.24, 2.45) is 0 Å². The van der Waals surface area contributed by atoms with Crippen molar-refractivity contribution in [1.82, 2.24) is 14.8 Å². The second kappa shape index (κ2) is 4.67. The third-order valence-corrected chi connectivity index (χ3v) is 3.37. The van der Waals surface area contributed by atoms with Crippen LogP contribution in [0.3, 0.4) is 0 Å². The van der Waals surface area contributed by atoms with Crippen LogP contribution in [0.15, 0.2) is 0 Å². The van der Waals surface area contributed by atoms with Crippen molar-refractivity contribution in [3.05, 3.63) is 10.6 Å². The second-order valence-corrected chi connectivity index (χ2v) is 5.00. The number of aromatic amines is 1. The van der Waals surface area contributed by atoms with Gasteiger partial charge in [-0.15, -0.1) is 0 Å². The van der Waals surface area contributed by atoms with Crippen LogP contribution in [0, 0.1) is 4.77 Å². The van der Waals surface area contributed by atoms with E-state index in [4.69, 9.17) is 17.0 Å². The highest BCUT2D eigenvalue weighted by Crippen LogP contribution is 2.36. The molecule has 90 valence electrons.